The molecule has 52 heteroatoms. The van der Waals surface area contributed by atoms with Crippen molar-refractivity contribution < 1.29 is 132 Å². The Bertz CT molecular complexity index is 6500. The van der Waals surface area contributed by atoms with Gasteiger partial charge in [0.2, 0.25) is 101 Å². The van der Waals surface area contributed by atoms with Gasteiger partial charge in [0.1, 0.15) is 60.4 Å². The maximum Gasteiger partial charge on any atom is 0.373 e. The molecule has 2 fully saturated rings. The van der Waals surface area contributed by atoms with Crippen molar-refractivity contribution in [2.24, 2.45) is 29.2 Å². The summed E-state index contributed by atoms with van der Waals surface area (Å²) in [6.07, 6.45) is -0.353. The summed E-state index contributed by atoms with van der Waals surface area (Å²) in [7, 11) is -13.8. The number of aromatic carboxylic acids is 1. The Kier molecular flexibility index (Phi) is 43.4. The van der Waals surface area contributed by atoms with Gasteiger partial charge in [0.05, 0.1) is 47.9 Å². The quantitative estimate of drug-likeness (QED) is 0.0727. The number of carbonyl (C=O) groups excluding carboxylic acids is 17. The number of para-hydroxylation sites is 2. The minimum absolute atomic E-state index is 0.0183. The number of aliphatic hydroxyl groups is 1. The van der Waals surface area contributed by atoms with Crippen molar-refractivity contribution >= 4 is 188 Å². The van der Waals surface area contributed by atoms with Crippen LogP contribution in [0, 0.1) is 17.8 Å². The van der Waals surface area contributed by atoms with Crippen LogP contribution < -0.4 is 64.6 Å². The number of sulfonamides is 3. The normalized spacial score (nSPS) is 25.7. The average molecular weight is 2180 g/mol. The van der Waals surface area contributed by atoms with Crippen molar-refractivity contribution in [1.29, 1.82) is 0 Å². The highest BCUT2D eigenvalue weighted by Crippen LogP contribution is 2.31. The summed E-state index contributed by atoms with van der Waals surface area (Å²) in [5.74, 6) is -23.2. The van der Waals surface area contributed by atoms with Crippen LogP contribution in [0.5, 0.6) is 0 Å². The first kappa shape index (κ1) is 118. The first-order valence-electron chi connectivity index (χ1n) is 47.8. The lowest BCUT2D eigenvalue weighted by Gasteiger charge is -2.32. The smallest absolute Gasteiger partial charge is 0.373 e. The molecule has 6 heterocycles. The van der Waals surface area contributed by atoms with Crippen LogP contribution in [0.15, 0.2) is 128 Å². The van der Waals surface area contributed by atoms with Gasteiger partial charge in [-0.1, -0.05) is 119 Å². The second-order valence-corrected chi connectivity index (χ2v) is 46.9. The topological polar surface area (TPSA) is 704 Å². The number of nitrogens with zero attached hydrogens (tertiary/aromatic N) is 4. The number of fused-ring (bicyclic) bond motifs is 15. The standard InChI is InChI=1S/C95H122N18O24S6.2CO2/c1-53(2)81-93(128)103-72(40-80(117)118)87(122)100-43-79(116)101-70(37-64-41-98-68-21-8-6-19-66(64)68)88(123)108-82(54(3)4)94(129)113-25-13-23-76(113)92(127)104-73(84(97)119)50-138-26-29-142(134,135)111-46-58-16-10-14-56(32-58)44-110-45-57-15-11-17-59(33-57)47-112(49-61-34-60(48-111)35-63(36-61)95(130)131)143(136,137)31-28-139-51-74(90(125)102-71(89(124)107-81)38-65-42-99-69-22-9-7-20-67(65)69)106-86(121)62-18-12-24-77(114)83(78(115)39-62)109-91(126)75(105-85(120)55(5)96)52-140-27-30-141(110,132)133;2*2-1-3/h6-11,14-17,19-22,32-36,41-42,53-55,62,70-77,81-83,98-99,114H,12-13,18,23-31,37-40,43-52,96H2,1-5H3,(H2,97,119)(H,100,122)(H,101,116)(H,102,125)(H,103,128)(H,104,127)(H,105,120)(H,106,121)(H,107,124)(H,108,123)(H,109,126)(H,117,118)(H,130,131);;/t55-,62-,70+,71+,72+,73+,74+,75+,76+,77-,81+,82+,83+;;/m1../s1. The molecule has 804 valence electrons. The Morgan fingerprint density at radius 2 is 0.966 bits per heavy atom. The summed E-state index contributed by atoms with van der Waals surface area (Å²) in [6.45, 7) is 3.66. The van der Waals surface area contributed by atoms with E-state index in [4.69, 9.17) is 30.6 Å². The number of rotatable bonds is 12. The highest BCUT2D eigenvalue weighted by molar-refractivity contribution is 8.01. The van der Waals surface area contributed by atoms with Crippen LogP contribution in [0.25, 0.3) is 21.8 Å². The van der Waals surface area contributed by atoms with E-state index in [1.54, 1.807) is 123 Å². The van der Waals surface area contributed by atoms with E-state index in [-0.39, 0.29) is 117 Å². The Balaban J connectivity index is 0.00000369. The SMILES string of the molecule is CC(C)[C@@H]1NC(=O)[C@H](Cc2c[nH]c3ccccc23)NC(=O)[C@@H]2CSCCS(=O)(=O)N3Cc4cccc(c4)CN(Cc4cccc(c4)CN(Cc4cc(cc(C(=O)O)c4)C3)S(=O)(=O)CCSC[C@@H](C(N)=O)NC(=O)[C@@H]3CCCN3C(=O)[C@H](C(C)C)NC(=O)[C@H](Cc3c[nH]c4ccccc34)NC(=O)CNC(=O)[C@H](CC(=O)O)NC1=O)S(=O)(=O)CCSC[C@H](NC(=O)[C@@H](C)N)C(=O)N[C@@H]1C(=O)C[C@@H](CCC[C@H]1O)C(=O)N2.O=C=O.O=C=O. The summed E-state index contributed by atoms with van der Waals surface area (Å²) < 4.78 is 95.9. The number of Topliss-reactive ketones (excluding diaryl/α,β-unsaturated/α-hetero) is 1. The Labute approximate surface area is 871 Å². The van der Waals surface area contributed by atoms with Crippen LogP contribution >= 0.6 is 35.3 Å². The van der Waals surface area contributed by atoms with Crippen LogP contribution in [0.3, 0.4) is 0 Å². The summed E-state index contributed by atoms with van der Waals surface area (Å²) in [5.41, 5.74) is 15.0. The lowest BCUT2D eigenvalue weighted by Crippen LogP contribution is -2.61. The zero-order valence-electron chi connectivity index (χ0n) is 82.1. The first-order valence-corrected chi connectivity index (χ1v) is 56.0. The molecule has 0 radical (unpaired) electrons. The second kappa shape index (κ2) is 54.9. The summed E-state index contributed by atoms with van der Waals surface area (Å²) in [4.78, 5) is 257. The number of thioether (sulfide) groups is 3. The fraction of sp³-hybridized carbons (Fsp3) is 0.474. The minimum atomic E-state index is -4.70. The summed E-state index contributed by atoms with van der Waals surface area (Å²) >= 11 is 2.62. The molecule has 4 aliphatic heterocycles. The maximum absolute atomic E-state index is 15.7. The zero-order chi connectivity index (χ0) is 109. The van der Waals surface area contributed by atoms with Gasteiger partial charge in [0.15, 0.2) is 5.78 Å². The van der Waals surface area contributed by atoms with E-state index in [1.807, 2.05) is 0 Å². The molecule has 12 bridgehead atoms. The number of hydrogen-bond donors (Lipinski definition) is 17. The molecule has 149 heavy (non-hydrogen) atoms. The van der Waals surface area contributed by atoms with Crippen molar-refractivity contribution in [2.45, 2.75) is 204 Å². The lowest BCUT2D eigenvalue weighted by molar-refractivity contribution is -0.193. The van der Waals surface area contributed by atoms with Gasteiger partial charge >= 0.3 is 24.2 Å². The molecule has 2 aromatic heterocycles. The van der Waals surface area contributed by atoms with Crippen molar-refractivity contribution in [3.63, 3.8) is 0 Å². The molecule has 16 atom stereocenters. The van der Waals surface area contributed by atoms with E-state index in [2.05, 4.69) is 63.1 Å². The first-order chi connectivity index (χ1) is 70.7. The number of benzene rings is 5. The molecule has 19 N–H and O–H groups in total. The number of aromatic nitrogens is 2. The second-order valence-electron chi connectivity index (χ2n) is 37.2. The van der Waals surface area contributed by atoms with Crippen molar-refractivity contribution in [3.05, 3.63) is 178 Å². The van der Waals surface area contributed by atoms with Crippen LogP contribution in [0.1, 0.15) is 134 Å². The number of H-pyrrole nitrogens is 2. The number of carbonyl (C=O) groups is 15. The molecular weight excluding hydrogens is 2060 g/mol. The van der Waals surface area contributed by atoms with Crippen LogP contribution in [-0.4, -0.2) is 307 Å². The molecule has 5 aromatic carbocycles. The number of aliphatic hydroxyl groups excluding tert-OH is 1. The molecule has 5 aliphatic rings. The van der Waals surface area contributed by atoms with Gasteiger partial charge in [-0.25, -0.2) is 30.0 Å². The third-order valence-electron chi connectivity index (χ3n) is 25.4. The van der Waals surface area contributed by atoms with Gasteiger partial charge in [0, 0.05) is 140 Å². The van der Waals surface area contributed by atoms with E-state index < -0.39 is 289 Å². The zero-order valence-corrected chi connectivity index (χ0v) is 87.0. The van der Waals surface area contributed by atoms with Gasteiger partial charge in [0.25, 0.3) is 0 Å². The molecular formula is C97H122N18O28S6. The highest BCUT2D eigenvalue weighted by Gasteiger charge is 2.44. The molecule has 0 spiro atoms. The van der Waals surface area contributed by atoms with Crippen molar-refractivity contribution in [2.75, 3.05) is 64.9 Å². The molecule has 46 nitrogen and oxygen atoms in total. The van der Waals surface area contributed by atoms with Crippen LogP contribution in [-0.2, 0) is 168 Å². The van der Waals surface area contributed by atoms with Gasteiger partial charge < -0.3 is 94.8 Å². The average Bonchev–Trinajstić information content (AvgIpc) is 1.51. The number of aliphatic carboxylic acids is 1. The van der Waals surface area contributed by atoms with Gasteiger partial charge in [-0.05, 0) is 120 Å². The van der Waals surface area contributed by atoms with Gasteiger partial charge in [-0.2, -0.15) is 67.4 Å². The fourth-order valence-corrected chi connectivity index (χ4v) is 26.4. The fourth-order valence-electron chi connectivity index (χ4n) is 17.6. The molecule has 3 unspecified atom stereocenters. The monoisotopic (exact) mass is 2180 g/mol. The number of aromatic amines is 2. The molecule has 1 saturated heterocycles. The molecule has 7 aromatic rings. The van der Waals surface area contributed by atoms with Gasteiger partial charge in [-0.3, -0.25) is 67.1 Å². The number of amides is 12. The number of hydrogen-bond acceptors (Lipinski definition) is 30. The van der Waals surface area contributed by atoms with E-state index >= 15 is 44.4 Å². The largest absolute Gasteiger partial charge is 0.481 e. The molecule has 1 aliphatic carbocycles. The predicted molar refractivity (Wildman–Crippen MR) is 544 cm³/mol. The van der Waals surface area contributed by atoms with Crippen molar-refractivity contribution in [1.82, 2.24) is 81.0 Å². The highest BCUT2D eigenvalue weighted by atomic mass is 32.2. The Morgan fingerprint density at radius 3 is 1.46 bits per heavy atom. The third kappa shape index (κ3) is 33.7. The summed E-state index contributed by atoms with van der Waals surface area (Å²) in [5, 5.41) is 60.0. The van der Waals surface area contributed by atoms with E-state index in [9.17, 15) is 68.1 Å². The van der Waals surface area contributed by atoms with Crippen LogP contribution in [0.2, 0.25) is 0 Å². The van der Waals surface area contributed by atoms with E-state index in [0.717, 1.165) is 48.2 Å². The number of carboxylic acids is 2. The molecule has 12 rings (SSSR count). The summed E-state index contributed by atoms with van der Waals surface area (Å²) in [6, 6.07) is 13.0. The lowest BCUT2D eigenvalue weighted by atomic mass is 9.85. The Hall–Kier alpha value is -13.1. The van der Waals surface area contributed by atoms with E-state index in [0.29, 0.717) is 49.6 Å². The number of nitrogens with one attached hydrogen (secondary N) is 12. The number of carboxylic acid groups (broad SMARTS) is 2. The predicted octanol–water partition coefficient (Wildman–Crippen LogP) is -0.588. The molecule has 1 saturated carbocycles. The molecule has 12 amide bonds. The van der Waals surface area contributed by atoms with Crippen LogP contribution in [0.4, 0.5) is 0 Å². The third-order valence-corrected chi connectivity index (χ3v) is 34.7. The van der Waals surface area contributed by atoms with Gasteiger partial charge in [-0.15, -0.1) is 0 Å². The number of primary amides is 1. The number of ketones is 1. The van der Waals surface area contributed by atoms with E-state index in [1.165, 1.54) is 43.9 Å². The Morgan fingerprint density at radius 1 is 0.497 bits per heavy atom. The number of nitrogens with two attached hydrogens (primary N) is 2. The minimum Gasteiger partial charge on any atom is -0.481 e. The maximum atomic E-state index is 15.7. The van der Waals surface area contributed by atoms with Crippen molar-refractivity contribution in [3.8, 4) is 0 Å².